The average Bonchev–Trinajstić information content (AvgIpc) is 3.36. The Balaban J connectivity index is 1.29. The van der Waals surface area contributed by atoms with Gasteiger partial charge in [-0.2, -0.15) is 0 Å². The zero-order chi connectivity index (χ0) is 24.1. The Morgan fingerprint density at radius 2 is 1.79 bits per heavy atom. The van der Waals surface area contributed by atoms with Crippen molar-refractivity contribution in [2.45, 2.75) is 70.6 Å². The van der Waals surface area contributed by atoms with Crippen LogP contribution >= 0.6 is 0 Å². The summed E-state index contributed by atoms with van der Waals surface area (Å²) in [6.45, 7) is 7.95. The first-order valence-corrected chi connectivity index (χ1v) is 12.6. The number of carbonyl (C=O) groups is 1. The zero-order valence-electron chi connectivity index (χ0n) is 20.7. The Morgan fingerprint density at radius 3 is 2.56 bits per heavy atom. The second-order valence-electron chi connectivity index (χ2n) is 10.5. The van der Waals surface area contributed by atoms with E-state index in [-0.39, 0.29) is 17.1 Å². The minimum absolute atomic E-state index is 0.0390. The molecule has 1 aliphatic rings. The molecule has 1 amide bonds. The molecule has 0 bridgehead atoms. The van der Waals surface area contributed by atoms with Gasteiger partial charge in [0, 0.05) is 11.9 Å². The summed E-state index contributed by atoms with van der Waals surface area (Å²) in [4.78, 5) is 12.6. The summed E-state index contributed by atoms with van der Waals surface area (Å²) >= 11 is 0. The van der Waals surface area contributed by atoms with Crippen molar-refractivity contribution in [3.05, 3.63) is 71.3 Å². The zero-order valence-corrected chi connectivity index (χ0v) is 20.7. The lowest BCUT2D eigenvalue weighted by Crippen LogP contribution is -2.24. The number of carbonyl (C=O) groups excluding carboxylic acids is 1. The summed E-state index contributed by atoms with van der Waals surface area (Å²) in [6, 6.07) is 17.8. The smallest absolute Gasteiger partial charge is 0.255 e. The summed E-state index contributed by atoms with van der Waals surface area (Å²) in [7, 11) is 0. The Labute approximate surface area is 203 Å². The van der Waals surface area contributed by atoms with E-state index in [4.69, 9.17) is 4.74 Å². The maximum atomic E-state index is 12.6. The molecule has 34 heavy (non-hydrogen) atoms. The first-order chi connectivity index (χ1) is 16.3. The fourth-order valence-corrected chi connectivity index (χ4v) is 4.85. The lowest BCUT2D eigenvalue weighted by atomic mass is 9.84. The lowest BCUT2D eigenvalue weighted by molar-refractivity contribution is 0.0950. The molecule has 0 radical (unpaired) electrons. The van der Waals surface area contributed by atoms with Gasteiger partial charge in [0.15, 0.2) is 0 Å². The van der Waals surface area contributed by atoms with E-state index in [9.17, 15) is 9.90 Å². The van der Waals surface area contributed by atoms with Gasteiger partial charge < -0.3 is 15.2 Å². The van der Waals surface area contributed by atoms with Crippen LogP contribution in [-0.2, 0) is 5.41 Å². The van der Waals surface area contributed by atoms with Gasteiger partial charge in [-0.15, -0.1) is 0 Å². The number of unbranched alkanes of at least 4 members (excludes halogenated alkanes) is 1. The molecule has 3 aromatic carbocycles. The quantitative estimate of drug-likeness (QED) is 0.354. The molecule has 4 nitrogen and oxygen atoms in total. The number of phenols is 1. The van der Waals surface area contributed by atoms with Gasteiger partial charge in [0.05, 0.1) is 12.2 Å². The van der Waals surface area contributed by atoms with E-state index < -0.39 is 0 Å². The highest BCUT2D eigenvalue weighted by Crippen LogP contribution is 2.40. The molecule has 0 saturated heterocycles. The standard InChI is InChI=1S/C30H37NO3/c1-30(2,3)23-15-17-27(26(20-23)21-10-4-5-11-21)34-19-9-8-18-31-29(33)25-16-14-22-12-6-7-13-24(22)28(25)32/h6-7,12-17,20-21,32H,4-5,8-11,18-19H2,1-3H3,(H,31,33). The topological polar surface area (TPSA) is 58.6 Å². The van der Waals surface area contributed by atoms with Crippen LogP contribution in [0, 0.1) is 0 Å². The van der Waals surface area contributed by atoms with Crippen molar-refractivity contribution in [1.82, 2.24) is 5.32 Å². The highest BCUT2D eigenvalue weighted by Gasteiger charge is 2.23. The van der Waals surface area contributed by atoms with Crippen LogP contribution in [0.25, 0.3) is 10.8 Å². The van der Waals surface area contributed by atoms with Crippen LogP contribution in [0.5, 0.6) is 11.5 Å². The van der Waals surface area contributed by atoms with E-state index in [0.717, 1.165) is 24.0 Å². The molecule has 1 aliphatic carbocycles. The molecular weight excluding hydrogens is 422 g/mol. The van der Waals surface area contributed by atoms with E-state index in [1.807, 2.05) is 30.3 Å². The maximum Gasteiger partial charge on any atom is 0.255 e. The van der Waals surface area contributed by atoms with Crippen molar-refractivity contribution >= 4 is 16.7 Å². The van der Waals surface area contributed by atoms with E-state index in [1.165, 1.54) is 36.8 Å². The van der Waals surface area contributed by atoms with Gasteiger partial charge in [-0.25, -0.2) is 0 Å². The number of nitrogens with one attached hydrogen (secondary N) is 1. The summed E-state index contributed by atoms with van der Waals surface area (Å²) < 4.78 is 6.22. The first kappa shape index (κ1) is 24.1. The monoisotopic (exact) mass is 459 g/mol. The fraction of sp³-hybridized carbons (Fsp3) is 0.433. The molecule has 0 unspecified atom stereocenters. The molecule has 1 fully saturated rings. The summed E-state index contributed by atoms with van der Waals surface area (Å²) in [5, 5.41) is 15.0. The molecule has 0 atom stereocenters. The van der Waals surface area contributed by atoms with Gasteiger partial charge in [-0.1, -0.05) is 76.1 Å². The number of rotatable bonds is 8. The van der Waals surface area contributed by atoms with Gasteiger partial charge in [0.1, 0.15) is 11.5 Å². The van der Waals surface area contributed by atoms with E-state index in [2.05, 4.69) is 44.3 Å². The number of hydrogen-bond donors (Lipinski definition) is 2. The summed E-state index contributed by atoms with van der Waals surface area (Å²) in [5.41, 5.74) is 3.17. The third-order valence-electron chi connectivity index (χ3n) is 6.93. The fourth-order valence-electron chi connectivity index (χ4n) is 4.85. The van der Waals surface area contributed by atoms with Crippen LogP contribution < -0.4 is 10.1 Å². The number of aromatic hydroxyl groups is 1. The second kappa shape index (κ2) is 10.5. The van der Waals surface area contributed by atoms with Crippen LogP contribution in [0.15, 0.2) is 54.6 Å². The minimum Gasteiger partial charge on any atom is -0.506 e. The summed E-state index contributed by atoms with van der Waals surface area (Å²) in [5.74, 6) is 1.42. The van der Waals surface area contributed by atoms with E-state index in [1.54, 1.807) is 6.07 Å². The van der Waals surface area contributed by atoms with Crippen molar-refractivity contribution in [3.8, 4) is 11.5 Å². The average molecular weight is 460 g/mol. The second-order valence-corrected chi connectivity index (χ2v) is 10.5. The Bertz CT molecular complexity index is 1140. The highest BCUT2D eigenvalue weighted by atomic mass is 16.5. The number of fused-ring (bicyclic) bond motifs is 1. The Hall–Kier alpha value is -3.01. The third-order valence-corrected chi connectivity index (χ3v) is 6.93. The van der Waals surface area contributed by atoms with Crippen molar-refractivity contribution in [3.63, 3.8) is 0 Å². The van der Waals surface area contributed by atoms with Gasteiger partial charge in [-0.3, -0.25) is 4.79 Å². The number of amides is 1. The first-order valence-electron chi connectivity index (χ1n) is 12.6. The molecule has 0 spiro atoms. The van der Waals surface area contributed by atoms with E-state index in [0.29, 0.717) is 30.0 Å². The summed E-state index contributed by atoms with van der Waals surface area (Å²) in [6.07, 6.45) is 6.77. The minimum atomic E-state index is -0.245. The molecule has 3 aromatic rings. The highest BCUT2D eigenvalue weighted by molar-refractivity contribution is 6.03. The largest absolute Gasteiger partial charge is 0.506 e. The third kappa shape index (κ3) is 5.55. The molecule has 0 heterocycles. The maximum absolute atomic E-state index is 12.6. The van der Waals surface area contributed by atoms with Crippen LogP contribution in [0.3, 0.4) is 0 Å². The number of hydrogen-bond acceptors (Lipinski definition) is 3. The van der Waals surface area contributed by atoms with Crippen molar-refractivity contribution in [2.24, 2.45) is 0 Å². The molecular formula is C30H37NO3. The molecule has 4 rings (SSSR count). The van der Waals surface area contributed by atoms with Crippen LogP contribution in [0.4, 0.5) is 0 Å². The number of phenolic OH excluding ortho intramolecular Hbond substituents is 1. The Kier molecular flexibility index (Phi) is 7.45. The van der Waals surface area contributed by atoms with Crippen molar-refractivity contribution < 1.29 is 14.6 Å². The Morgan fingerprint density at radius 1 is 1.03 bits per heavy atom. The molecule has 180 valence electrons. The van der Waals surface area contributed by atoms with Gasteiger partial charge in [0.25, 0.3) is 5.91 Å². The lowest BCUT2D eigenvalue weighted by Gasteiger charge is -2.23. The predicted octanol–water partition coefficient (Wildman–Crippen LogP) is 7.09. The normalized spacial score (nSPS) is 14.4. The molecule has 0 aliphatic heterocycles. The SMILES string of the molecule is CC(C)(C)c1ccc(OCCCCNC(=O)c2ccc3ccccc3c2O)c(C2CCCC2)c1. The van der Waals surface area contributed by atoms with Gasteiger partial charge in [0.2, 0.25) is 0 Å². The van der Waals surface area contributed by atoms with Gasteiger partial charge >= 0.3 is 0 Å². The molecule has 4 heteroatoms. The number of benzene rings is 3. The molecule has 2 N–H and O–H groups in total. The van der Waals surface area contributed by atoms with Crippen LogP contribution in [0.2, 0.25) is 0 Å². The van der Waals surface area contributed by atoms with Crippen molar-refractivity contribution in [1.29, 1.82) is 0 Å². The van der Waals surface area contributed by atoms with E-state index >= 15 is 0 Å². The number of ether oxygens (including phenoxy) is 1. The molecule has 0 aromatic heterocycles. The van der Waals surface area contributed by atoms with Gasteiger partial charge in [-0.05, 0) is 65.7 Å². The predicted molar refractivity (Wildman–Crippen MR) is 139 cm³/mol. The van der Waals surface area contributed by atoms with Crippen LogP contribution in [-0.4, -0.2) is 24.2 Å². The molecule has 1 saturated carbocycles. The van der Waals surface area contributed by atoms with Crippen LogP contribution in [0.1, 0.15) is 86.7 Å². The van der Waals surface area contributed by atoms with Crippen molar-refractivity contribution in [2.75, 3.05) is 13.2 Å².